The fraction of sp³-hybridized carbons (Fsp3) is 1.00. The van der Waals surface area contributed by atoms with Crippen LogP contribution in [-0.2, 0) is 4.74 Å². The van der Waals surface area contributed by atoms with Crippen molar-refractivity contribution in [1.29, 1.82) is 0 Å². The fourth-order valence-electron chi connectivity index (χ4n) is 1.91. The summed E-state index contributed by atoms with van der Waals surface area (Å²) >= 11 is 1.91. The van der Waals surface area contributed by atoms with Gasteiger partial charge in [-0.15, -0.1) is 0 Å². The van der Waals surface area contributed by atoms with Gasteiger partial charge < -0.3 is 15.0 Å². The first-order valence-electron chi connectivity index (χ1n) is 6.25. The Labute approximate surface area is 104 Å². The van der Waals surface area contributed by atoms with Gasteiger partial charge in [0, 0.05) is 18.3 Å². The molecule has 1 rings (SSSR count). The van der Waals surface area contributed by atoms with Crippen LogP contribution < -0.4 is 5.32 Å². The minimum atomic E-state index is 0.491. The van der Waals surface area contributed by atoms with E-state index in [2.05, 4.69) is 30.4 Å². The quantitative estimate of drug-likeness (QED) is 0.735. The fourth-order valence-corrected chi connectivity index (χ4v) is 2.65. The molecule has 1 N–H and O–H groups in total. The molecular weight excluding hydrogens is 220 g/mol. The van der Waals surface area contributed by atoms with Gasteiger partial charge in [0.05, 0.1) is 12.7 Å². The zero-order chi connectivity index (χ0) is 11.8. The van der Waals surface area contributed by atoms with E-state index in [1.54, 1.807) is 0 Å². The summed E-state index contributed by atoms with van der Waals surface area (Å²) in [5, 5.41) is 3.36. The van der Waals surface area contributed by atoms with E-state index in [1.807, 2.05) is 11.8 Å². The van der Waals surface area contributed by atoms with Crippen molar-refractivity contribution in [2.24, 2.45) is 0 Å². The predicted octanol–water partition coefficient (Wildman–Crippen LogP) is 1.44. The third kappa shape index (κ3) is 5.53. The molecule has 96 valence electrons. The largest absolute Gasteiger partial charge is 0.377 e. The molecule has 0 saturated carbocycles. The number of rotatable bonds is 7. The van der Waals surface area contributed by atoms with E-state index in [4.69, 9.17) is 4.74 Å². The summed E-state index contributed by atoms with van der Waals surface area (Å²) in [5.41, 5.74) is 0. The average Bonchev–Trinajstić information content (AvgIpc) is 2.30. The third-order valence-electron chi connectivity index (χ3n) is 3.24. The zero-order valence-electron chi connectivity index (χ0n) is 10.9. The second-order valence-electron chi connectivity index (χ2n) is 4.61. The molecule has 4 heteroatoms. The lowest BCUT2D eigenvalue weighted by atomic mass is 10.1. The molecule has 0 aromatic rings. The Balaban J connectivity index is 2.04. The van der Waals surface area contributed by atoms with Gasteiger partial charge in [0.25, 0.3) is 0 Å². The Kier molecular flexibility index (Phi) is 7.45. The van der Waals surface area contributed by atoms with E-state index >= 15 is 0 Å². The Morgan fingerprint density at radius 1 is 1.44 bits per heavy atom. The van der Waals surface area contributed by atoms with E-state index in [-0.39, 0.29) is 0 Å². The second kappa shape index (κ2) is 8.34. The highest BCUT2D eigenvalue weighted by molar-refractivity contribution is 7.98. The average molecular weight is 246 g/mol. The summed E-state index contributed by atoms with van der Waals surface area (Å²) in [6, 6.07) is 0.645. The first kappa shape index (κ1) is 14.3. The zero-order valence-corrected chi connectivity index (χ0v) is 11.7. The Morgan fingerprint density at radius 3 is 2.75 bits per heavy atom. The van der Waals surface area contributed by atoms with Gasteiger partial charge in [-0.2, -0.15) is 11.8 Å². The van der Waals surface area contributed by atoms with E-state index in [1.165, 1.54) is 18.6 Å². The van der Waals surface area contributed by atoms with Crippen molar-refractivity contribution in [3.8, 4) is 0 Å². The predicted molar refractivity (Wildman–Crippen MR) is 72.3 cm³/mol. The molecule has 0 bridgehead atoms. The summed E-state index contributed by atoms with van der Waals surface area (Å²) in [4.78, 5) is 2.39. The van der Waals surface area contributed by atoms with Crippen LogP contribution in [0.2, 0.25) is 0 Å². The summed E-state index contributed by atoms with van der Waals surface area (Å²) in [7, 11) is 2.19. The molecule has 1 aliphatic rings. The van der Waals surface area contributed by atoms with Crippen molar-refractivity contribution in [1.82, 2.24) is 10.2 Å². The number of thioether (sulfide) groups is 1. The Bertz CT molecular complexity index is 174. The highest BCUT2D eigenvalue weighted by atomic mass is 32.2. The van der Waals surface area contributed by atoms with Crippen LogP contribution in [0.25, 0.3) is 0 Å². The third-order valence-corrected chi connectivity index (χ3v) is 4.06. The lowest BCUT2D eigenvalue weighted by Gasteiger charge is -2.27. The highest BCUT2D eigenvalue weighted by Gasteiger charge is 2.14. The molecule has 1 atom stereocenters. The van der Waals surface area contributed by atoms with Gasteiger partial charge in [0.1, 0.15) is 0 Å². The monoisotopic (exact) mass is 246 g/mol. The van der Waals surface area contributed by atoms with Crippen molar-refractivity contribution in [2.45, 2.75) is 31.9 Å². The standard InChI is InChI=1S/C12H26N2OS/c1-11(10-16-3)14(2)8-9-15-12-4-6-13-7-5-12/h11-13H,4-10H2,1-3H3. The van der Waals surface area contributed by atoms with Gasteiger partial charge in [-0.3, -0.25) is 0 Å². The molecule has 1 aliphatic heterocycles. The number of ether oxygens (including phenoxy) is 1. The SMILES string of the molecule is CSCC(C)N(C)CCOC1CCNCC1. The van der Waals surface area contributed by atoms with E-state index in [9.17, 15) is 0 Å². The van der Waals surface area contributed by atoms with Crippen LogP contribution in [0.5, 0.6) is 0 Å². The molecule has 1 fully saturated rings. The van der Waals surface area contributed by atoms with Gasteiger partial charge in [-0.1, -0.05) is 0 Å². The number of nitrogens with zero attached hydrogens (tertiary/aromatic N) is 1. The van der Waals surface area contributed by atoms with Crippen LogP contribution in [0.15, 0.2) is 0 Å². The molecule has 0 spiro atoms. The maximum absolute atomic E-state index is 5.89. The highest BCUT2D eigenvalue weighted by Crippen LogP contribution is 2.08. The van der Waals surface area contributed by atoms with Gasteiger partial charge in [-0.05, 0) is 46.2 Å². The summed E-state index contributed by atoms with van der Waals surface area (Å²) in [5.74, 6) is 1.20. The maximum Gasteiger partial charge on any atom is 0.0600 e. The van der Waals surface area contributed by atoms with Gasteiger partial charge in [0.2, 0.25) is 0 Å². The number of hydrogen-bond donors (Lipinski definition) is 1. The molecule has 1 heterocycles. The summed E-state index contributed by atoms with van der Waals surface area (Å²) < 4.78 is 5.89. The molecule has 0 radical (unpaired) electrons. The molecular formula is C12H26N2OS. The van der Waals surface area contributed by atoms with Gasteiger partial charge in [-0.25, -0.2) is 0 Å². The van der Waals surface area contributed by atoms with Crippen molar-refractivity contribution < 1.29 is 4.74 Å². The topological polar surface area (TPSA) is 24.5 Å². The molecule has 3 nitrogen and oxygen atoms in total. The molecule has 0 aromatic heterocycles. The van der Waals surface area contributed by atoms with E-state index in [0.717, 1.165) is 26.2 Å². The Hall–Kier alpha value is 0.230. The molecule has 1 unspecified atom stereocenters. The number of piperidine rings is 1. The lowest BCUT2D eigenvalue weighted by molar-refractivity contribution is 0.0202. The normalized spacial score (nSPS) is 20.2. The first-order chi connectivity index (χ1) is 7.74. The van der Waals surface area contributed by atoms with Gasteiger partial charge >= 0.3 is 0 Å². The second-order valence-corrected chi connectivity index (χ2v) is 5.52. The molecule has 1 saturated heterocycles. The molecule has 0 aliphatic carbocycles. The smallest absolute Gasteiger partial charge is 0.0600 e. The van der Waals surface area contributed by atoms with Crippen molar-refractivity contribution in [2.75, 3.05) is 45.3 Å². The van der Waals surface area contributed by atoms with E-state index < -0.39 is 0 Å². The number of nitrogens with one attached hydrogen (secondary N) is 1. The number of likely N-dealkylation sites (N-methyl/N-ethyl adjacent to an activating group) is 1. The van der Waals surface area contributed by atoms with Crippen LogP contribution in [-0.4, -0.2) is 62.3 Å². The van der Waals surface area contributed by atoms with Crippen LogP contribution in [0, 0.1) is 0 Å². The van der Waals surface area contributed by atoms with Crippen molar-refractivity contribution in [3.63, 3.8) is 0 Å². The lowest BCUT2D eigenvalue weighted by Crippen LogP contribution is -2.37. The van der Waals surface area contributed by atoms with Crippen LogP contribution in [0.1, 0.15) is 19.8 Å². The maximum atomic E-state index is 5.89. The summed E-state index contributed by atoms with van der Waals surface area (Å²) in [6.45, 7) is 6.43. The first-order valence-corrected chi connectivity index (χ1v) is 7.65. The minimum Gasteiger partial charge on any atom is -0.377 e. The summed E-state index contributed by atoms with van der Waals surface area (Å²) in [6.07, 6.45) is 5.00. The van der Waals surface area contributed by atoms with Crippen LogP contribution in [0.3, 0.4) is 0 Å². The molecule has 16 heavy (non-hydrogen) atoms. The molecule has 0 aromatic carbocycles. The minimum absolute atomic E-state index is 0.491. The van der Waals surface area contributed by atoms with Crippen molar-refractivity contribution in [3.05, 3.63) is 0 Å². The van der Waals surface area contributed by atoms with E-state index in [0.29, 0.717) is 12.1 Å². The van der Waals surface area contributed by atoms with Crippen LogP contribution in [0.4, 0.5) is 0 Å². The number of hydrogen-bond acceptors (Lipinski definition) is 4. The Morgan fingerprint density at radius 2 is 2.12 bits per heavy atom. The van der Waals surface area contributed by atoms with Crippen molar-refractivity contribution >= 4 is 11.8 Å². The van der Waals surface area contributed by atoms with Crippen LogP contribution >= 0.6 is 11.8 Å². The molecule has 0 amide bonds. The van der Waals surface area contributed by atoms with Gasteiger partial charge in [0.15, 0.2) is 0 Å².